The van der Waals surface area contributed by atoms with Gasteiger partial charge in [0, 0.05) is 54.9 Å². The van der Waals surface area contributed by atoms with Crippen LogP contribution in [0.5, 0.6) is 0 Å². The third kappa shape index (κ3) is 3.56. The first-order valence-corrected chi connectivity index (χ1v) is 10.4. The molecule has 29 heavy (non-hydrogen) atoms. The van der Waals surface area contributed by atoms with Crippen LogP contribution in [0.3, 0.4) is 0 Å². The van der Waals surface area contributed by atoms with Crippen LogP contribution in [0.1, 0.15) is 12.8 Å². The van der Waals surface area contributed by atoms with Crippen molar-refractivity contribution in [2.75, 3.05) is 31.5 Å². The number of H-pyrrole nitrogens is 1. The van der Waals surface area contributed by atoms with Gasteiger partial charge in [-0.25, -0.2) is 9.97 Å². The van der Waals surface area contributed by atoms with Gasteiger partial charge in [0.15, 0.2) is 0 Å². The van der Waals surface area contributed by atoms with E-state index in [9.17, 15) is 4.79 Å². The highest BCUT2D eigenvalue weighted by atomic mass is 35.5. The third-order valence-corrected chi connectivity index (χ3v) is 6.14. The Hall–Kier alpha value is -2.64. The largest absolute Gasteiger partial charge is 0.360 e. The van der Waals surface area contributed by atoms with E-state index in [4.69, 9.17) is 16.6 Å². The number of aromatic amines is 1. The number of hydrogen-bond acceptors (Lipinski definition) is 5. The Kier molecular flexibility index (Phi) is 4.85. The van der Waals surface area contributed by atoms with Crippen molar-refractivity contribution in [2.24, 2.45) is 5.92 Å². The molecule has 4 heterocycles. The number of aromatic nitrogens is 3. The summed E-state index contributed by atoms with van der Waals surface area (Å²) in [6, 6.07) is 8.33. The highest BCUT2D eigenvalue weighted by molar-refractivity contribution is 6.33. The number of benzene rings is 1. The van der Waals surface area contributed by atoms with Crippen molar-refractivity contribution in [2.45, 2.75) is 18.9 Å². The number of halogens is 1. The number of amides is 1. The summed E-state index contributed by atoms with van der Waals surface area (Å²) in [5.74, 6) is 1.02. The second-order valence-corrected chi connectivity index (χ2v) is 8.14. The van der Waals surface area contributed by atoms with Crippen LogP contribution in [0.4, 0.5) is 5.95 Å². The molecule has 150 valence electrons. The number of hydrogen-bond donors (Lipinski definition) is 3. The van der Waals surface area contributed by atoms with Crippen LogP contribution in [0, 0.1) is 5.92 Å². The number of para-hydroxylation sites is 1. The lowest BCUT2D eigenvalue weighted by Gasteiger charge is -2.37. The van der Waals surface area contributed by atoms with Crippen molar-refractivity contribution < 1.29 is 4.79 Å². The lowest BCUT2D eigenvalue weighted by atomic mass is 9.98. The molecule has 8 heteroatoms. The fraction of sp³-hybridized carbons (Fsp3) is 0.381. The molecule has 7 nitrogen and oxygen atoms in total. The lowest BCUT2D eigenvalue weighted by Crippen LogP contribution is -2.54. The molecule has 3 aromatic rings. The normalized spacial score (nSPS) is 18.0. The maximum absolute atomic E-state index is 12.4. The zero-order valence-electron chi connectivity index (χ0n) is 16.0. The molecule has 0 bridgehead atoms. The van der Waals surface area contributed by atoms with Crippen LogP contribution in [0.2, 0.25) is 5.02 Å². The van der Waals surface area contributed by atoms with Gasteiger partial charge in [-0.15, -0.1) is 0 Å². The fourth-order valence-corrected chi connectivity index (χ4v) is 4.23. The molecule has 5 rings (SSSR count). The highest BCUT2D eigenvalue weighted by Crippen LogP contribution is 2.32. The van der Waals surface area contributed by atoms with Crippen LogP contribution in [-0.4, -0.2) is 58.0 Å². The molecule has 0 atom stereocenters. The van der Waals surface area contributed by atoms with Gasteiger partial charge >= 0.3 is 0 Å². The number of carbonyl (C=O) groups is 1. The zero-order chi connectivity index (χ0) is 19.8. The van der Waals surface area contributed by atoms with Crippen LogP contribution >= 0.6 is 11.6 Å². The fourth-order valence-electron chi connectivity index (χ4n) is 4.04. The summed E-state index contributed by atoms with van der Waals surface area (Å²) >= 11 is 6.42. The van der Waals surface area contributed by atoms with Gasteiger partial charge in [0.05, 0.1) is 22.8 Å². The van der Waals surface area contributed by atoms with Crippen molar-refractivity contribution >= 4 is 34.4 Å². The van der Waals surface area contributed by atoms with Crippen molar-refractivity contribution in [3.8, 4) is 11.3 Å². The molecule has 2 saturated heterocycles. The Morgan fingerprint density at radius 3 is 2.76 bits per heavy atom. The number of anilines is 1. The minimum absolute atomic E-state index is 0.165. The summed E-state index contributed by atoms with van der Waals surface area (Å²) in [7, 11) is 0. The predicted octanol–water partition coefficient (Wildman–Crippen LogP) is 2.90. The van der Waals surface area contributed by atoms with E-state index in [1.807, 2.05) is 29.3 Å². The standard InChI is InChI=1S/C21H23ClN6O/c22-17-12-25-21(27-19(17)16-11-24-18-4-2-1-3-15(16)18)26-14-5-7-28(8-6-14)20(29)13-9-23-10-13/h1-4,11-14,23-24H,5-10H2,(H,25,26,27). The molecular weight excluding hydrogens is 388 g/mol. The molecule has 0 spiro atoms. The first-order chi connectivity index (χ1) is 14.2. The molecule has 0 radical (unpaired) electrons. The number of nitrogens with zero attached hydrogens (tertiary/aromatic N) is 3. The number of rotatable bonds is 4. The smallest absolute Gasteiger partial charge is 0.228 e. The van der Waals surface area contributed by atoms with Gasteiger partial charge in [-0.2, -0.15) is 0 Å². The minimum atomic E-state index is 0.165. The second-order valence-electron chi connectivity index (χ2n) is 7.74. The Balaban J connectivity index is 1.29. The average molecular weight is 411 g/mol. The van der Waals surface area contributed by atoms with E-state index in [0.717, 1.165) is 55.5 Å². The topological polar surface area (TPSA) is 85.9 Å². The van der Waals surface area contributed by atoms with Gasteiger partial charge in [-0.3, -0.25) is 4.79 Å². The Morgan fingerprint density at radius 1 is 1.21 bits per heavy atom. The third-order valence-electron chi connectivity index (χ3n) is 5.86. The number of likely N-dealkylation sites (tertiary alicyclic amines) is 1. The Labute approximate surface area is 173 Å². The van der Waals surface area contributed by atoms with Crippen molar-refractivity contribution in [3.63, 3.8) is 0 Å². The summed E-state index contributed by atoms with van der Waals surface area (Å²) in [5.41, 5.74) is 2.72. The molecule has 0 aliphatic carbocycles. The van der Waals surface area contributed by atoms with Crippen LogP contribution < -0.4 is 10.6 Å². The maximum Gasteiger partial charge on any atom is 0.228 e. The molecule has 1 aromatic carbocycles. The van der Waals surface area contributed by atoms with Crippen molar-refractivity contribution in [3.05, 3.63) is 41.7 Å². The van der Waals surface area contributed by atoms with E-state index in [-0.39, 0.29) is 17.9 Å². The summed E-state index contributed by atoms with van der Waals surface area (Å²) < 4.78 is 0. The molecule has 3 N–H and O–H groups in total. The lowest BCUT2D eigenvalue weighted by molar-refractivity contribution is -0.138. The van der Waals surface area contributed by atoms with Gasteiger partial charge in [0.2, 0.25) is 11.9 Å². The van der Waals surface area contributed by atoms with Crippen LogP contribution in [0.25, 0.3) is 22.2 Å². The van der Waals surface area contributed by atoms with E-state index in [2.05, 4.69) is 26.7 Å². The summed E-state index contributed by atoms with van der Waals surface area (Å²) in [6.45, 7) is 3.17. The van der Waals surface area contributed by atoms with E-state index >= 15 is 0 Å². The zero-order valence-corrected chi connectivity index (χ0v) is 16.7. The van der Waals surface area contributed by atoms with Crippen LogP contribution in [0.15, 0.2) is 36.7 Å². The predicted molar refractivity (Wildman–Crippen MR) is 114 cm³/mol. The number of nitrogens with one attached hydrogen (secondary N) is 3. The maximum atomic E-state index is 12.4. The number of carbonyl (C=O) groups excluding carboxylic acids is 1. The van der Waals surface area contributed by atoms with E-state index in [1.165, 1.54) is 0 Å². The van der Waals surface area contributed by atoms with Gasteiger partial charge in [-0.05, 0) is 18.9 Å². The minimum Gasteiger partial charge on any atom is -0.360 e. The molecule has 1 amide bonds. The van der Waals surface area contributed by atoms with Gasteiger partial charge < -0.3 is 20.5 Å². The summed E-state index contributed by atoms with van der Waals surface area (Å²) in [5, 5.41) is 8.20. The Morgan fingerprint density at radius 2 is 2.00 bits per heavy atom. The van der Waals surface area contributed by atoms with Crippen LogP contribution in [-0.2, 0) is 4.79 Å². The van der Waals surface area contributed by atoms with E-state index in [0.29, 0.717) is 16.7 Å². The first kappa shape index (κ1) is 18.4. The number of fused-ring (bicyclic) bond motifs is 1. The van der Waals surface area contributed by atoms with Gasteiger partial charge in [-0.1, -0.05) is 29.8 Å². The molecule has 0 saturated carbocycles. The molecule has 2 fully saturated rings. The Bertz CT molecular complexity index is 1040. The summed E-state index contributed by atoms with van der Waals surface area (Å²) in [6.07, 6.45) is 5.36. The SMILES string of the molecule is O=C(C1CNC1)N1CCC(Nc2ncc(Cl)c(-c3c[nH]c4ccccc34)n2)CC1. The molecule has 0 unspecified atom stereocenters. The number of piperidine rings is 1. The van der Waals surface area contributed by atoms with Gasteiger partial charge in [0.25, 0.3) is 0 Å². The molecule has 2 aromatic heterocycles. The van der Waals surface area contributed by atoms with Gasteiger partial charge in [0.1, 0.15) is 0 Å². The monoisotopic (exact) mass is 410 g/mol. The highest BCUT2D eigenvalue weighted by Gasteiger charge is 2.31. The quantitative estimate of drug-likeness (QED) is 0.615. The van der Waals surface area contributed by atoms with E-state index in [1.54, 1.807) is 6.20 Å². The van der Waals surface area contributed by atoms with E-state index < -0.39 is 0 Å². The first-order valence-electron chi connectivity index (χ1n) is 10.0. The molecule has 2 aliphatic rings. The second kappa shape index (κ2) is 7.65. The van der Waals surface area contributed by atoms with Crippen molar-refractivity contribution in [1.82, 2.24) is 25.2 Å². The average Bonchev–Trinajstić information content (AvgIpc) is 3.13. The summed E-state index contributed by atoms with van der Waals surface area (Å²) in [4.78, 5) is 26.7. The molecule has 2 aliphatic heterocycles. The van der Waals surface area contributed by atoms with Crippen molar-refractivity contribution in [1.29, 1.82) is 0 Å². The molecular formula is C21H23ClN6O.